The maximum Gasteiger partial charge on any atom is 0.194 e. The Bertz CT molecular complexity index is 428. The highest BCUT2D eigenvalue weighted by molar-refractivity contribution is 8.00. The zero-order valence-corrected chi connectivity index (χ0v) is 11.1. The van der Waals surface area contributed by atoms with Crippen LogP contribution in [0.2, 0.25) is 0 Å². The Morgan fingerprint density at radius 3 is 2.76 bits per heavy atom. The minimum Gasteiger partial charge on any atom is -0.313 e. The van der Waals surface area contributed by atoms with Crippen molar-refractivity contribution < 1.29 is 0 Å². The van der Waals surface area contributed by atoms with Crippen LogP contribution in [0.25, 0.3) is 0 Å². The van der Waals surface area contributed by atoms with Gasteiger partial charge in [-0.2, -0.15) is 4.37 Å². The first-order chi connectivity index (χ1) is 8.38. The third kappa shape index (κ3) is 4.03. The van der Waals surface area contributed by atoms with Gasteiger partial charge in [-0.3, -0.25) is 0 Å². The zero-order chi connectivity index (χ0) is 11.9. The van der Waals surface area contributed by atoms with Crippen molar-refractivity contribution in [2.45, 2.75) is 29.4 Å². The summed E-state index contributed by atoms with van der Waals surface area (Å²) < 4.78 is 4.79. The van der Waals surface area contributed by atoms with Crippen molar-refractivity contribution in [2.75, 3.05) is 6.54 Å². The standard InChI is InChI=1S/C10H13N5S2/c1-2-3-11-4-8-5-12-9(13-6-8)16-10-14-7-15-17-10/h5-7,11H,2-4H2,1H3. The fourth-order valence-electron chi connectivity index (χ4n) is 1.18. The molecule has 2 heterocycles. The van der Waals surface area contributed by atoms with Crippen molar-refractivity contribution in [3.05, 3.63) is 24.3 Å². The van der Waals surface area contributed by atoms with E-state index in [4.69, 9.17) is 0 Å². The van der Waals surface area contributed by atoms with Gasteiger partial charge in [-0.05, 0) is 36.3 Å². The molecular formula is C10H13N5S2. The van der Waals surface area contributed by atoms with E-state index in [2.05, 4.69) is 31.6 Å². The Morgan fingerprint density at radius 2 is 2.12 bits per heavy atom. The molecule has 0 unspecified atom stereocenters. The van der Waals surface area contributed by atoms with Crippen LogP contribution in [0.1, 0.15) is 18.9 Å². The lowest BCUT2D eigenvalue weighted by Gasteiger charge is -2.02. The summed E-state index contributed by atoms with van der Waals surface area (Å²) in [6.45, 7) is 3.98. The predicted molar refractivity (Wildman–Crippen MR) is 68.1 cm³/mol. The molecule has 2 aromatic rings. The predicted octanol–water partition coefficient (Wildman–Crippen LogP) is 1.98. The van der Waals surface area contributed by atoms with E-state index in [0.29, 0.717) is 5.16 Å². The van der Waals surface area contributed by atoms with Gasteiger partial charge in [0.25, 0.3) is 0 Å². The van der Waals surface area contributed by atoms with E-state index < -0.39 is 0 Å². The molecule has 0 spiro atoms. The first-order valence-electron chi connectivity index (χ1n) is 5.34. The van der Waals surface area contributed by atoms with E-state index >= 15 is 0 Å². The van der Waals surface area contributed by atoms with Crippen LogP contribution in [0.4, 0.5) is 0 Å². The van der Waals surface area contributed by atoms with E-state index in [1.54, 1.807) is 0 Å². The molecule has 0 bridgehead atoms. The molecule has 2 rings (SSSR count). The van der Waals surface area contributed by atoms with Gasteiger partial charge in [0.2, 0.25) is 0 Å². The largest absolute Gasteiger partial charge is 0.313 e. The highest BCUT2D eigenvalue weighted by Gasteiger charge is 2.03. The summed E-state index contributed by atoms with van der Waals surface area (Å²) in [6.07, 6.45) is 6.36. The topological polar surface area (TPSA) is 63.6 Å². The van der Waals surface area contributed by atoms with Gasteiger partial charge in [-0.1, -0.05) is 6.92 Å². The quantitative estimate of drug-likeness (QED) is 0.638. The summed E-state index contributed by atoms with van der Waals surface area (Å²) in [5.41, 5.74) is 1.10. The Labute approximate surface area is 108 Å². The number of aromatic nitrogens is 4. The second-order valence-electron chi connectivity index (χ2n) is 3.36. The summed E-state index contributed by atoms with van der Waals surface area (Å²) in [5, 5.41) is 4.02. The second-order valence-corrected chi connectivity index (χ2v) is 5.35. The average molecular weight is 267 g/mol. The van der Waals surface area contributed by atoms with Crippen LogP contribution < -0.4 is 5.32 Å². The van der Waals surface area contributed by atoms with Gasteiger partial charge in [0.15, 0.2) is 9.50 Å². The van der Waals surface area contributed by atoms with E-state index in [1.807, 2.05) is 12.4 Å². The van der Waals surface area contributed by atoms with Crippen LogP contribution in [-0.4, -0.2) is 25.9 Å². The SMILES string of the molecule is CCCNCc1cnc(Sc2ncns2)nc1. The summed E-state index contributed by atoms with van der Waals surface area (Å²) in [6, 6.07) is 0. The van der Waals surface area contributed by atoms with E-state index in [-0.39, 0.29) is 0 Å². The highest BCUT2D eigenvalue weighted by Crippen LogP contribution is 2.24. The minimum absolute atomic E-state index is 0.709. The summed E-state index contributed by atoms with van der Waals surface area (Å²) in [4.78, 5) is 12.6. The molecule has 0 atom stereocenters. The smallest absolute Gasteiger partial charge is 0.194 e. The molecule has 0 saturated heterocycles. The second kappa shape index (κ2) is 6.63. The third-order valence-electron chi connectivity index (χ3n) is 1.96. The number of hydrogen-bond donors (Lipinski definition) is 1. The molecule has 0 aromatic carbocycles. The van der Waals surface area contributed by atoms with Crippen LogP contribution in [0.3, 0.4) is 0 Å². The molecule has 17 heavy (non-hydrogen) atoms. The van der Waals surface area contributed by atoms with E-state index in [1.165, 1.54) is 29.6 Å². The molecule has 0 amide bonds. The molecule has 1 N–H and O–H groups in total. The van der Waals surface area contributed by atoms with Crippen LogP contribution in [0, 0.1) is 0 Å². The van der Waals surface area contributed by atoms with Crippen molar-refractivity contribution in [3.63, 3.8) is 0 Å². The molecule has 5 nitrogen and oxygen atoms in total. The van der Waals surface area contributed by atoms with Gasteiger partial charge in [0.1, 0.15) is 6.33 Å². The Kier molecular flexibility index (Phi) is 4.84. The first kappa shape index (κ1) is 12.4. The monoisotopic (exact) mass is 267 g/mol. The lowest BCUT2D eigenvalue weighted by Crippen LogP contribution is -2.14. The Morgan fingerprint density at radius 1 is 1.29 bits per heavy atom. The molecule has 0 radical (unpaired) electrons. The van der Waals surface area contributed by atoms with Crippen molar-refractivity contribution in [2.24, 2.45) is 0 Å². The molecule has 2 aromatic heterocycles. The average Bonchev–Trinajstić information content (AvgIpc) is 2.85. The molecule has 7 heteroatoms. The van der Waals surface area contributed by atoms with Gasteiger partial charge in [0.05, 0.1) is 0 Å². The molecule has 0 aliphatic rings. The third-order valence-corrected chi connectivity index (χ3v) is 3.57. The maximum absolute atomic E-state index is 4.28. The maximum atomic E-state index is 4.28. The number of rotatable bonds is 6. The highest BCUT2D eigenvalue weighted by atomic mass is 32.2. The van der Waals surface area contributed by atoms with Crippen molar-refractivity contribution in [3.8, 4) is 0 Å². The van der Waals surface area contributed by atoms with E-state index in [9.17, 15) is 0 Å². The molecule has 0 aliphatic heterocycles. The lowest BCUT2D eigenvalue weighted by molar-refractivity contribution is 0.669. The first-order valence-corrected chi connectivity index (χ1v) is 6.93. The molecular weight excluding hydrogens is 254 g/mol. The molecule has 0 fully saturated rings. The molecule has 0 aliphatic carbocycles. The van der Waals surface area contributed by atoms with Gasteiger partial charge in [0, 0.05) is 24.5 Å². The van der Waals surface area contributed by atoms with Gasteiger partial charge in [-0.25, -0.2) is 15.0 Å². The fraction of sp³-hybridized carbons (Fsp3) is 0.400. The summed E-state index contributed by atoms with van der Waals surface area (Å²) >= 11 is 2.78. The number of nitrogens with zero attached hydrogens (tertiary/aromatic N) is 4. The van der Waals surface area contributed by atoms with Crippen LogP contribution in [0.15, 0.2) is 28.2 Å². The van der Waals surface area contributed by atoms with Gasteiger partial charge < -0.3 is 5.32 Å². The Hall–Kier alpha value is -1.05. The Balaban J connectivity index is 1.89. The number of nitrogens with one attached hydrogen (secondary N) is 1. The summed E-state index contributed by atoms with van der Waals surface area (Å²) in [5.74, 6) is 0. The molecule has 90 valence electrons. The summed E-state index contributed by atoms with van der Waals surface area (Å²) in [7, 11) is 0. The van der Waals surface area contributed by atoms with Crippen molar-refractivity contribution in [1.29, 1.82) is 0 Å². The lowest BCUT2D eigenvalue weighted by atomic mass is 10.3. The normalized spacial score (nSPS) is 10.6. The van der Waals surface area contributed by atoms with Gasteiger partial charge in [-0.15, -0.1) is 0 Å². The number of hydrogen-bond acceptors (Lipinski definition) is 7. The van der Waals surface area contributed by atoms with Crippen LogP contribution >= 0.6 is 23.3 Å². The minimum atomic E-state index is 0.709. The van der Waals surface area contributed by atoms with E-state index in [0.717, 1.165) is 29.4 Å². The van der Waals surface area contributed by atoms with Crippen LogP contribution in [0.5, 0.6) is 0 Å². The zero-order valence-electron chi connectivity index (χ0n) is 9.46. The van der Waals surface area contributed by atoms with Crippen molar-refractivity contribution >= 4 is 23.3 Å². The van der Waals surface area contributed by atoms with Crippen molar-refractivity contribution in [1.82, 2.24) is 24.6 Å². The van der Waals surface area contributed by atoms with Gasteiger partial charge >= 0.3 is 0 Å². The van der Waals surface area contributed by atoms with Crippen LogP contribution in [-0.2, 0) is 6.54 Å². The fourth-order valence-corrected chi connectivity index (χ4v) is 2.43. The molecule has 0 saturated carbocycles.